The molecule has 1 aliphatic rings. The summed E-state index contributed by atoms with van der Waals surface area (Å²) >= 11 is 0. The van der Waals surface area contributed by atoms with E-state index in [0.29, 0.717) is 11.3 Å². The Morgan fingerprint density at radius 2 is 1.71 bits per heavy atom. The minimum atomic E-state index is -0.726. The first-order valence-electron chi connectivity index (χ1n) is 11.1. The van der Waals surface area contributed by atoms with Gasteiger partial charge >= 0.3 is 0 Å². The van der Waals surface area contributed by atoms with Gasteiger partial charge in [0.15, 0.2) is 0 Å². The Morgan fingerprint density at radius 3 is 2.26 bits per heavy atom. The Labute approximate surface area is 199 Å². The van der Waals surface area contributed by atoms with Crippen molar-refractivity contribution < 1.29 is 19.4 Å². The van der Waals surface area contributed by atoms with Gasteiger partial charge in [-0.2, -0.15) is 0 Å². The summed E-state index contributed by atoms with van der Waals surface area (Å²) in [6.07, 6.45) is 3.33. The number of benzene rings is 2. The second-order valence-electron chi connectivity index (χ2n) is 9.39. The third-order valence-electron chi connectivity index (χ3n) is 6.07. The van der Waals surface area contributed by atoms with Gasteiger partial charge in [0.25, 0.3) is 11.7 Å². The summed E-state index contributed by atoms with van der Waals surface area (Å²) in [5, 5.41) is 11.2. The molecule has 0 bridgehead atoms. The van der Waals surface area contributed by atoms with E-state index in [2.05, 4.69) is 25.8 Å². The largest absolute Gasteiger partial charge is 0.507 e. The highest BCUT2D eigenvalue weighted by atomic mass is 16.5. The molecule has 6 nitrogen and oxygen atoms in total. The molecular weight excluding hydrogens is 428 g/mol. The molecule has 2 aromatic carbocycles. The topological polar surface area (TPSA) is 79.7 Å². The Bertz CT molecular complexity index is 1220. The summed E-state index contributed by atoms with van der Waals surface area (Å²) in [6.45, 7) is 6.57. The average molecular weight is 457 g/mol. The summed E-state index contributed by atoms with van der Waals surface area (Å²) < 4.78 is 5.19. The molecule has 6 heteroatoms. The molecule has 4 rings (SSSR count). The van der Waals surface area contributed by atoms with Crippen molar-refractivity contribution >= 4 is 17.4 Å². The van der Waals surface area contributed by atoms with Crippen LogP contribution in [0.5, 0.6) is 5.75 Å². The Kier molecular flexibility index (Phi) is 6.24. The van der Waals surface area contributed by atoms with E-state index in [-0.39, 0.29) is 23.3 Å². The van der Waals surface area contributed by atoms with Gasteiger partial charge in [-0.1, -0.05) is 51.1 Å². The molecule has 1 saturated heterocycles. The maximum atomic E-state index is 13.2. The standard InChI is InChI=1S/C28H28N2O4/c1-28(2,3)21-11-7-19(8-12-21)24-23(25(31)20-9-13-22(34-4)14-10-20)26(32)27(33)30(24)17-18-6-5-15-29-16-18/h5-16,24,31H,17H2,1-4H3. The first-order chi connectivity index (χ1) is 16.2. The van der Waals surface area contributed by atoms with Gasteiger partial charge in [0.2, 0.25) is 0 Å². The summed E-state index contributed by atoms with van der Waals surface area (Å²) in [5.41, 5.74) is 3.16. The zero-order valence-corrected chi connectivity index (χ0v) is 19.8. The average Bonchev–Trinajstić information content (AvgIpc) is 3.09. The lowest BCUT2D eigenvalue weighted by Crippen LogP contribution is -2.29. The van der Waals surface area contributed by atoms with Crippen LogP contribution in [0.1, 0.15) is 49.1 Å². The van der Waals surface area contributed by atoms with Crippen molar-refractivity contribution in [3.63, 3.8) is 0 Å². The second-order valence-corrected chi connectivity index (χ2v) is 9.39. The third kappa shape index (κ3) is 4.44. The van der Waals surface area contributed by atoms with Crippen LogP contribution in [0.4, 0.5) is 0 Å². The van der Waals surface area contributed by atoms with E-state index in [1.54, 1.807) is 49.8 Å². The van der Waals surface area contributed by atoms with E-state index in [1.165, 1.54) is 4.90 Å². The van der Waals surface area contributed by atoms with Gasteiger partial charge in [0.05, 0.1) is 18.7 Å². The van der Waals surface area contributed by atoms with Crippen LogP contribution in [0.2, 0.25) is 0 Å². The highest BCUT2D eigenvalue weighted by Gasteiger charge is 2.46. The molecule has 1 N–H and O–H groups in total. The fraction of sp³-hybridized carbons (Fsp3) is 0.250. The summed E-state index contributed by atoms with van der Waals surface area (Å²) in [4.78, 5) is 32.0. The number of nitrogens with zero attached hydrogens (tertiary/aromatic N) is 2. The van der Waals surface area contributed by atoms with E-state index < -0.39 is 17.7 Å². The van der Waals surface area contributed by atoms with Crippen LogP contribution in [0.25, 0.3) is 5.76 Å². The number of aliphatic hydroxyl groups excluding tert-OH is 1. The predicted octanol–water partition coefficient (Wildman–Crippen LogP) is 5.01. The lowest BCUT2D eigenvalue weighted by molar-refractivity contribution is -0.140. The first kappa shape index (κ1) is 23.2. The Hall–Kier alpha value is -3.93. The summed E-state index contributed by atoms with van der Waals surface area (Å²) in [5.74, 6) is -0.937. The molecule has 1 aliphatic heterocycles. The van der Waals surface area contributed by atoms with Crippen LogP contribution in [-0.4, -0.2) is 33.8 Å². The van der Waals surface area contributed by atoms with Crippen LogP contribution in [-0.2, 0) is 21.5 Å². The van der Waals surface area contributed by atoms with Gasteiger partial charge in [-0.3, -0.25) is 14.6 Å². The van der Waals surface area contributed by atoms with E-state index >= 15 is 0 Å². The fourth-order valence-electron chi connectivity index (χ4n) is 4.15. The smallest absolute Gasteiger partial charge is 0.295 e. The van der Waals surface area contributed by atoms with E-state index in [1.807, 2.05) is 30.3 Å². The van der Waals surface area contributed by atoms with Crippen molar-refractivity contribution in [2.24, 2.45) is 0 Å². The number of amides is 1. The van der Waals surface area contributed by atoms with Gasteiger partial charge in [-0.05, 0) is 52.4 Å². The number of likely N-dealkylation sites (tertiary alicyclic amines) is 1. The van der Waals surface area contributed by atoms with Crippen molar-refractivity contribution in [3.8, 4) is 5.75 Å². The number of Topliss-reactive ketones (excluding diaryl/α,β-unsaturated/α-hetero) is 1. The van der Waals surface area contributed by atoms with Crippen molar-refractivity contribution in [1.82, 2.24) is 9.88 Å². The maximum Gasteiger partial charge on any atom is 0.295 e. The quantitative estimate of drug-likeness (QED) is 0.332. The molecule has 1 aromatic heterocycles. The number of carbonyl (C=O) groups is 2. The lowest BCUT2D eigenvalue weighted by Gasteiger charge is -2.26. The van der Waals surface area contributed by atoms with E-state index in [4.69, 9.17) is 4.74 Å². The van der Waals surface area contributed by atoms with Crippen LogP contribution >= 0.6 is 0 Å². The van der Waals surface area contributed by atoms with Gasteiger partial charge in [-0.25, -0.2) is 0 Å². The molecular formula is C28H28N2O4. The summed E-state index contributed by atoms with van der Waals surface area (Å²) in [6, 6.07) is 17.5. The van der Waals surface area contributed by atoms with Crippen molar-refractivity contribution in [3.05, 3.63) is 101 Å². The van der Waals surface area contributed by atoms with Gasteiger partial charge in [-0.15, -0.1) is 0 Å². The highest BCUT2D eigenvalue weighted by Crippen LogP contribution is 2.41. The lowest BCUT2D eigenvalue weighted by atomic mass is 9.85. The molecule has 1 amide bonds. The predicted molar refractivity (Wildman–Crippen MR) is 130 cm³/mol. The molecule has 0 radical (unpaired) electrons. The molecule has 0 aliphatic carbocycles. The number of pyridine rings is 1. The minimum Gasteiger partial charge on any atom is -0.507 e. The molecule has 1 unspecified atom stereocenters. The SMILES string of the molecule is COc1ccc(C(O)=C2C(=O)C(=O)N(Cc3cccnc3)C2c2ccc(C(C)(C)C)cc2)cc1. The maximum absolute atomic E-state index is 13.2. The van der Waals surface area contributed by atoms with Crippen LogP contribution in [0, 0.1) is 0 Å². The first-order valence-corrected chi connectivity index (χ1v) is 11.1. The van der Waals surface area contributed by atoms with Crippen molar-refractivity contribution in [2.45, 2.75) is 38.8 Å². The molecule has 174 valence electrons. The van der Waals surface area contributed by atoms with E-state index in [0.717, 1.165) is 16.7 Å². The molecule has 2 heterocycles. The minimum absolute atomic E-state index is 0.0425. The normalized spacial score (nSPS) is 17.8. The van der Waals surface area contributed by atoms with Gasteiger partial charge < -0.3 is 14.7 Å². The number of hydrogen-bond donors (Lipinski definition) is 1. The molecule has 3 aromatic rings. The molecule has 1 atom stereocenters. The van der Waals surface area contributed by atoms with Crippen molar-refractivity contribution in [2.75, 3.05) is 7.11 Å². The van der Waals surface area contributed by atoms with E-state index in [9.17, 15) is 14.7 Å². The number of ketones is 1. The molecule has 0 saturated carbocycles. The number of hydrogen-bond acceptors (Lipinski definition) is 5. The number of methoxy groups -OCH3 is 1. The summed E-state index contributed by atoms with van der Waals surface area (Å²) in [7, 11) is 1.56. The molecule has 0 spiro atoms. The number of carbonyl (C=O) groups excluding carboxylic acids is 2. The fourth-order valence-corrected chi connectivity index (χ4v) is 4.15. The number of aliphatic hydroxyl groups is 1. The Balaban J connectivity index is 1.84. The van der Waals surface area contributed by atoms with Gasteiger partial charge in [0.1, 0.15) is 11.5 Å². The van der Waals surface area contributed by atoms with Crippen LogP contribution < -0.4 is 4.74 Å². The number of rotatable bonds is 5. The highest BCUT2D eigenvalue weighted by molar-refractivity contribution is 6.46. The molecule has 34 heavy (non-hydrogen) atoms. The zero-order valence-electron chi connectivity index (χ0n) is 19.8. The second kappa shape index (κ2) is 9.14. The Morgan fingerprint density at radius 1 is 1.03 bits per heavy atom. The van der Waals surface area contributed by atoms with Crippen LogP contribution in [0.15, 0.2) is 78.6 Å². The monoisotopic (exact) mass is 456 g/mol. The van der Waals surface area contributed by atoms with Crippen molar-refractivity contribution in [1.29, 1.82) is 0 Å². The zero-order chi connectivity index (χ0) is 24.5. The molecule has 1 fully saturated rings. The van der Waals surface area contributed by atoms with Crippen LogP contribution in [0.3, 0.4) is 0 Å². The third-order valence-corrected chi connectivity index (χ3v) is 6.07. The number of ether oxygens (including phenoxy) is 1. The number of aromatic nitrogens is 1. The van der Waals surface area contributed by atoms with Gasteiger partial charge in [0, 0.05) is 24.5 Å².